The summed E-state index contributed by atoms with van der Waals surface area (Å²) in [5.41, 5.74) is 4.24. The number of carbonyl (C=O) groups is 2. The molecule has 8 nitrogen and oxygen atoms in total. The lowest BCUT2D eigenvalue weighted by molar-refractivity contribution is -0.202. The van der Waals surface area contributed by atoms with Gasteiger partial charge in [-0.05, 0) is 53.4 Å². The maximum absolute atomic E-state index is 12.7. The number of aryl methyl sites for hydroxylation is 2. The summed E-state index contributed by atoms with van der Waals surface area (Å²) < 4.78 is 49.7. The monoisotopic (exact) mass is 572 g/mol. The normalized spacial score (nSPS) is 14.1. The number of esters is 2. The highest BCUT2D eigenvalue weighted by Crippen LogP contribution is 2.31. The average molecular weight is 573 g/mol. The van der Waals surface area contributed by atoms with Crippen LogP contribution in [0.15, 0.2) is 42.5 Å². The number of rotatable bonds is 9. The van der Waals surface area contributed by atoms with Gasteiger partial charge in [-0.15, -0.1) is 0 Å². The van der Waals surface area contributed by atoms with E-state index in [-0.39, 0.29) is 11.8 Å². The number of anilines is 1. The van der Waals surface area contributed by atoms with Crippen molar-refractivity contribution in [3.05, 3.63) is 70.5 Å². The van der Waals surface area contributed by atoms with Gasteiger partial charge in [0, 0.05) is 31.8 Å². The van der Waals surface area contributed by atoms with Crippen LogP contribution in [0.3, 0.4) is 0 Å². The Morgan fingerprint density at radius 1 is 1.10 bits per heavy atom. The van der Waals surface area contributed by atoms with E-state index in [2.05, 4.69) is 26.2 Å². The molecule has 1 N–H and O–H groups in total. The molecular weight excluding hydrogens is 537 g/mol. The third kappa shape index (κ3) is 8.08. The molecule has 0 bridgehead atoms. The second-order valence-corrected chi connectivity index (χ2v) is 11.3. The first-order valence-electron chi connectivity index (χ1n) is 13.6. The van der Waals surface area contributed by atoms with Crippen molar-refractivity contribution >= 4 is 17.8 Å². The van der Waals surface area contributed by atoms with Crippen molar-refractivity contribution in [1.29, 1.82) is 0 Å². The molecule has 220 valence electrons. The SMILES string of the molecule is Cn1nc(CC(CC(=O)OC(=O)C(F)(F)F)c2cccc(C(C)(C)C)c2)cc1OCCc1ccc2c(n1)NCCC2. The van der Waals surface area contributed by atoms with E-state index >= 15 is 0 Å². The Morgan fingerprint density at radius 2 is 1.88 bits per heavy atom. The van der Waals surface area contributed by atoms with E-state index in [0.29, 0.717) is 24.6 Å². The lowest BCUT2D eigenvalue weighted by atomic mass is 9.83. The molecule has 1 aromatic carbocycles. The van der Waals surface area contributed by atoms with Gasteiger partial charge >= 0.3 is 18.1 Å². The Balaban J connectivity index is 1.46. The minimum absolute atomic E-state index is 0.192. The number of nitrogens with one attached hydrogen (secondary N) is 1. The molecule has 0 amide bonds. The molecule has 1 aliphatic heterocycles. The van der Waals surface area contributed by atoms with Gasteiger partial charge in [0.2, 0.25) is 5.88 Å². The third-order valence-electron chi connectivity index (χ3n) is 6.98. The highest BCUT2D eigenvalue weighted by Gasteiger charge is 2.42. The van der Waals surface area contributed by atoms with Crippen LogP contribution in [-0.2, 0) is 46.1 Å². The summed E-state index contributed by atoms with van der Waals surface area (Å²) in [5, 5.41) is 7.83. The first-order chi connectivity index (χ1) is 19.3. The van der Waals surface area contributed by atoms with Crippen molar-refractivity contribution < 1.29 is 32.2 Å². The molecule has 2 aromatic heterocycles. The van der Waals surface area contributed by atoms with Crippen LogP contribution in [0.4, 0.5) is 19.0 Å². The second kappa shape index (κ2) is 12.3. The zero-order valence-corrected chi connectivity index (χ0v) is 23.7. The predicted octanol–water partition coefficient (Wildman–Crippen LogP) is 5.44. The van der Waals surface area contributed by atoms with Crippen molar-refractivity contribution in [3.8, 4) is 5.88 Å². The molecule has 0 spiro atoms. The molecule has 3 aromatic rings. The number of nitrogens with zero attached hydrogens (tertiary/aromatic N) is 3. The summed E-state index contributed by atoms with van der Waals surface area (Å²) in [6.45, 7) is 7.39. The van der Waals surface area contributed by atoms with Crippen molar-refractivity contribution in [2.24, 2.45) is 7.05 Å². The molecule has 4 rings (SSSR count). The molecule has 3 heterocycles. The number of ether oxygens (including phenoxy) is 2. The number of pyridine rings is 1. The van der Waals surface area contributed by atoms with Gasteiger partial charge in [-0.1, -0.05) is 51.1 Å². The zero-order valence-electron chi connectivity index (χ0n) is 23.7. The quantitative estimate of drug-likeness (QED) is 0.270. The Kier molecular flexibility index (Phi) is 9.04. The number of aromatic nitrogens is 3. The number of alkyl halides is 3. The molecule has 0 saturated heterocycles. The summed E-state index contributed by atoms with van der Waals surface area (Å²) in [6, 6.07) is 13.4. The molecule has 0 aliphatic carbocycles. The van der Waals surface area contributed by atoms with Crippen LogP contribution in [0.2, 0.25) is 0 Å². The van der Waals surface area contributed by atoms with E-state index in [1.165, 1.54) is 5.56 Å². The Labute approximate surface area is 237 Å². The van der Waals surface area contributed by atoms with Gasteiger partial charge in [0.05, 0.1) is 18.7 Å². The van der Waals surface area contributed by atoms with Crippen molar-refractivity contribution in [3.63, 3.8) is 0 Å². The van der Waals surface area contributed by atoms with Gasteiger partial charge in [-0.3, -0.25) is 4.79 Å². The Bertz CT molecular complexity index is 1400. The van der Waals surface area contributed by atoms with Gasteiger partial charge in [0.1, 0.15) is 5.82 Å². The van der Waals surface area contributed by atoms with Crippen LogP contribution in [0.1, 0.15) is 67.6 Å². The van der Waals surface area contributed by atoms with Crippen LogP contribution in [0.25, 0.3) is 0 Å². The highest BCUT2D eigenvalue weighted by molar-refractivity contribution is 5.88. The van der Waals surface area contributed by atoms with Crippen molar-refractivity contribution in [2.45, 2.75) is 70.4 Å². The van der Waals surface area contributed by atoms with Gasteiger partial charge in [0.15, 0.2) is 0 Å². The minimum Gasteiger partial charge on any atom is -0.477 e. The fraction of sp³-hybridized carbons (Fsp3) is 0.467. The van der Waals surface area contributed by atoms with E-state index in [4.69, 9.17) is 4.74 Å². The van der Waals surface area contributed by atoms with E-state index in [0.717, 1.165) is 42.0 Å². The number of carbonyl (C=O) groups excluding carboxylic acids is 2. The largest absolute Gasteiger partial charge is 0.491 e. The fourth-order valence-electron chi connectivity index (χ4n) is 4.73. The fourth-order valence-corrected chi connectivity index (χ4v) is 4.73. The zero-order chi connectivity index (χ0) is 29.8. The maximum atomic E-state index is 12.7. The summed E-state index contributed by atoms with van der Waals surface area (Å²) in [4.78, 5) is 28.3. The van der Waals surface area contributed by atoms with Gasteiger partial charge < -0.3 is 14.8 Å². The molecule has 0 saturated carbocycles. The molecule has 1 aliphatic rings. The number of fused-ring (bicyclic) bond motifs is 1. The average Bonchev–Trinajstić information content (AvgIpc) is 3.25. The van der Waals surface area contributed by atoms with E-state index < -0.39 is 30.5 Å². The van der Waals surface area contributed by atoms with E-state index in [1.54, 1.807) is 23.9 Å². The summed E-state index contributed by atoms with van der Waals surface area (Å²) in [7, 11) is 1.73. The summed E-state index contributed by atoms with van der Waals surface area (Å²) in [6.07, 6.45) is -2.76. The molecular formula is C30H35F3N4O4. The van der Waals surface area contributed by atoms with Crippen LogP contribution in [-0.4, -0.2) is 46.0 Å². The van der Waals surface area contributed by atoms with Crippen LogP contribution in [0.5, 0.6) is 5.88 Å². The van der Waals surface area contributed by atoms with Crippen molar-refractivity contribution in [2.75, 3.05) is 18.5 Å². The van der Waals surface area contributed by atoms with Crippen LogP contribution >= 0.6 is 0 Å². The maximum Gasteiger partial charge on any atom is 0.491 e. The predicted molar refractivity (Wildman–Crippen MR) is 147 cm³/mol. The lowest BCUT2D eigenvalue weighted by Crippen LogP contribution is -2.28. The topological polar surface area (TPSA) is 95.3 Å². The van der Waals surface area contributed by atoms with Crippen molar-refractivity contribution in [1.82, 2.24) is 14.8 Å². The van der Waals surface area contributed by atoms with Gasteiger partial charge in [-0.2, -0.15) is 18.3 Å². The smallest absolute Gasteiger partial charge is 0.477 e. The van der Waals surface area contributed by atoms with Gasteiger partial charge in [-0.25, -0.2) is 14.5 Å². The number of halogens is 3. The Hall–Kier alpha value is -3.89. The third-order valence-corrected chi connectivity index (χ3v) is 6.98. The molecule has 11 heteroatoms. The molecule has 1 atom stereocenters. The number of hydrogen-bond acceptors (Lipinski definition) is 7. The van der Waals surface area contributed by atoms with E-state index in [9.17, 15) is 22.8 Å². The summed E-state index contributed by atoms with van der Waals surface area (Å²) >= 11 is 0. The standard InChI is InChI=1S/C30H35F3N4O4/c1-29(2,3)22-9-5-7-20(15-22)21(17-26(38)41-28(39)30(31,32)33)16-24-18-25(37(4)36-24)40-14-12-23-11-10-19-8-6-13-34-27(19)35-23/h5,7,9-11,15,18,21H,6,8,12-14,16-17H2,1-4H3,(H,34,35). The first-order valence-corrected chi connectivity index (χ1v) is 13.6. The molecule has 0 fully saturated rings. The van der Waals surface area contributed by atoms with Crippen LogP contribution in [0, 0.1) is 0 Å². The molecule has 0 radical (unpaired) electrons. The highest BCUT2D eigenvalue weighted by atomic mass is 19.4. The summed E-state index contributed by atoms with van der Waals surface area (Å²) in [5.74, 6) is -2.93. The first kappa shape index (κ1) is 30.1. The molecule has 1 unspecified atom stereocenters. The van der Waals surface area contributed by atoms with E-state index in [1.807, 2.05) is 45.0 Å². The minimum atomic E-state index is -5.25. The second-order valence-electron chi connectivity index (χ2n) is 11.3. The Morgan fingerprint density at radius 3 is 2.61 bits per heavy atom. The van der Waals surface area contributed by atoms with Crippen LogP contribution < -0.4 is 10.1 Å². The lowest BCUT2D eigenvalue weighted by Gasteiger charge is -2.22. The van der Waals surface area contributed by atoms with Gasteiger partial charge in [0.25, 0.3) is 0 Å². The molecule has 41 heavy (non-hydrogen) atoms. The number of benzene rings is 1. The number of hydrogen-bond donors (Lipinski definition) is 1.